The zero-order chi connectivity index (χ0) is 35.5. The van der Waals surface area contributed by atoms with Gasteiger partial charge in [-0.3, -0.25) is 4.79 Å². The predicted molar refractivity (Wildman–Crippen MR) is 189 cm³/mol. The van der Waals surface area contributed by atoms with Gasteiger partial charge >= 0.3 is 12.1 Å². The van der Waals surface area contributed by atoms with Crippen molar-refractivity contribution in [1.29, 1.82) is 0 Å². The van der Waals surface area contributed by atoms with Crippen molar-refractivity contribution in [3.8, 4) is 22.8 Å². The van der Waals surface area contributed by atoms with Crippen LogP contribution in [0.15, 0.2) is 48.5 Å². The van der Waals surface area contributed by atoms with E-state index in [1.54, 1.807) is 25.2 Å². The standard InChI is InChI=1S/C38H48ClN3O7/c1-37(2,3)48-35(43)27-16-18-41(22-32(27)46-8)33-14-10-13-30(40-33)26-11-9-12-29(39)34(26)47-23-24-19-25-15-17-42(36(44)49-38(4,5)6)21-28(25)31(20-24)45-7/h9-14,19-20,27,32H,15-18,21-23H2,1-8H3/t27-,32+/m1/s1. The SMILES string of the molecule is COc1cc(COc2c(Cl)cccc2-c2cccc(N3CC[C@@H](C(=O)OC(C)(C)C)[C@@H](OC)C3)n2)cc2c1CN(C(=O)OC(C)(C)C)CC2. The van der Waals surface area contributed by atoms with E-state index in [1.165, 1.54) is 0 Å². The van der Waals surface area contributed by atoms with E-state index in [1.807, 2.05) is 77.9 Å². The topological polar surface area (TPSA) is 99.7 Å². The number of piperidine rings is 1. The van der Waals surface area contributed by atoms with Crippen LogP contribution in [-0.4, -0.2) is 73.1 Å². The molecule has 5 rings (SSSR count). The molecular formula is C38H48ClN3O7. The molecule has 0 spiro atoms. The maximum atomic E-state index is 12.9. The summed E-state index contributed by atoms with van der Waals surface area (Å²) < 4.78 is 29.2. The number of hydrogen-bond donors (Lipinski definition) is 0. The molecule has 1 saturated heterocycles. The molecule has 1 aromatic heterocycles. The van der Waals surface area contributed by atoms with Gasteiger partial charge in [-0.25, -0.2) is 9.78 Å². The molecule has 0 N–H and O–H groups in total. The van der Waals surface area contributed by atoms with Crippen LogP contribution in [0.1, 0.15) is 64.7 Å². The molecule has 10 nitrogen and oxygen atoms in total. The first-order valence-corrected chi connectivity index (χ1v) is 17.1. The number of methoxy groups -OCH3 is 2. The molecule has 2 aromatic carbocycles. The van der Waals surface area contributed by atoms with Crippen molar-refractivity contribution in [2.45, 2.75) is 84.8 Å². The number of ether oxygens (including phenoxy) is 5. The molecule has 49 heavy (non-hydrogen) atoms. The Hall–Kier alpha value is -4.02. The van der Waals surface area contributed by atoms with E-state index < -0.39 is 11.2 Å². The second-order valence-corrected chi connectivity index (χ2v) is 14.9. The van der Waals surface area contributed by atoms with Crippen molar-refractivity contribution >= 4 is 29.5 Å². The summed E-state index contributed by atoms with van der Waals surface area (Å²) in [6, 6.07) is 15.5. The summed E-state index contributed by atoms with van der Waals surface area (Å²) in [5.74, 6) is 1.42. The van der Waals surface area contributed by atoms with Crippen LogP contribution in [0.2, 0.25) is 5.02 Å². The largest absolute Gasteiger partial charge is 0.496 e. The number of nitrogens with zero attached hydrogens (tertiary/aromatic N) is 3. The number of anilines is 1. The number of benzene rings is 2. The number of carbonyl (C=O) groups is 2. The summed E-state index contributed by atoms with van der Waals surface area (Å²) in [5, 5.41) is 0.472. The number of halogens is 1. The number of rotatable bonds is 8. The average Bonchev–Trinajstić information content (AvgIpc) is 3.05. The number of para-hydroxylation sites is 1. The van der Waals surface area contributed by atoms with E-state index in [0.29, 0.717) is 61.2 Å². The zero-order valence-corrected chi connectivity index (χ0v) is 30.6. The Labute approximate surface area is 294 Å². The summed E-state index contributed by atoms with van der Waals surface area (Å²) in [7, 11) is 3.26. The number of carbonyl (C=O) groups excluding carboxylic acids is 2. The van der Waals surface area contributed by atoms with Gasteiger partial charge in [-0.05, 0) is 95.8 Å². The van der Waals surface area contributed by atoms with Crippen LogP contribution in [0, 0.1) is 5.92 Å². The van der Waals surface area contributed by atoms with Crippen LogP contribution in [0.4, 0.5) is 10.6 Å². The van der Waals surface area contributed by atoms with E-state index >= 15 is 0 Å². The van der Waals surface area contributed by atoms with Crippen LogP contribution in [0.25, 0.3) is 11.3 Å². The van der Waals surface area contributed by atoms with Gasteiger partial charge in [-0.15, -0.1) is 0 Å². The van der Waals surface area contributed by atoms with Crippen LogP contribution in [0.3, 0.4) is 0 Å². The fourth-order valence-corrected chi connectivity index (χ4v) is 6.44. The van der Waals surface area contributed by atoms with Gasteiger partial charge in [0, 0.05) is 37.9 Å². The van der Waals surface area contributed by atoms with E-state index in [2.05, 4.69) is 11.0 Å². The summed E-state index contributed by atoms with van der Waals surface area (Å²) in [6.07, 6.45) is 0.605. The highest BCUT2D eigenvalue weighted by Crippen LogP contribution is 2.38. The molecule has 3 aromatic rings. The van der Waals surface area contributed by atoms with Gasteiger partial charge in [0.15, 0.2) is 0 Å². The maximum absolute atomic E-state index is 12.9. The van der Waals surface area contributed by atoms with E-state index in [0.717, 1.165) is 28.1 Å². The Balaban J connectivity index is 1.32. The van der Waals surface area contributed by atoms with Gasteiger partial charge in [0.2, 0.25) is 0 Å². The molecule has 0 saturated carbocycles. The first-order valence-electron chi connectivity index (χ1n) is 16.7. The molecular weight excluding hydrogens is 646 g/mol. The zero-order valence-electron chi connectivity index (χ0n) is 29.8. The Morgan fingerprint density at radius 2 is 1.69 bits per heavy atom. The highest BCUT2D eigenvalue weighted by molar-refractivity contribution is 6.32. The molecule has 0 bridgehead atoms. The van der Waals surface area contributed by atoms with Crippen molar-refractivity contribution in [2.24, 2.45) is 5.92 Å². The lowest BCUT2D eigenvalue weighted by molar-refractivity contribution is -0.165. The first kappa shape index (κ1) is 36.3. The number of esters is 1. The normalized spacial score (nSPS) is 18.1. The second-order valence-electron chi connectivity index (χ2n) is 14.5. The molecule has 2 aliphatic heterocycles. The van der Waals surface area contributed by atoms with Crippen LogP contribution in [-0.2, 0) is 38.6 Å². The Morgan fingerprint density at radius 1 is 0.959 bits per heavy atom. The van der Waals surface area contributed by atoms with Crippen molar-refractivity contribution in [1.82, 2.24) is 9.88 Å². The van der Waals surface area contributed by atoms with E-state index in [9.17, 15) is 9.59 Å². The minimum atomic E-state index is -0.565. The molecule has 0 unspecified atom stereocenters. The number of hydrogen-bond acceptors (Lipinski definition) is 9. The van der Waals surface area contributed by atoms with E-state index in [4.69, 9.17) is 40.3 Å². The molecule has 2 aliphatic rings. The van der Waals surface area contributed by atoms with Gasteiger partial charge in [0.1, 0.15) is 35.1 Å². The molecule has 3 heterocycles. The van der Waals surface area contributed by atoms with E-state index in [-0.39, 0.29) is 30.7 Å². The quantitative estimate of drug-likeness (QED) is 0.223. The fourth-order valence-electron chi connectivity index (χ4n) is 6.21. The predicted octanol–water partition coefficient (Wildman–Crippen LogP) is 7.47. The van der Waals surface area contributed by atoms with Crippen molar-refractivity contribution in [3.05, 3.63) is 70.2 Å². The van der Waals surface area contributed by atoms with Gasteiger partial charge in [-0.1, -0.05) is 29.8 Å². The molecule has 1 fully saturated rings. The molecule has 0 aliphatic carbocycles. The van der Waals surface area contributed by atoms with Gasteiger partial charge in [-0.2, -0.15) is 0 Å². The van der Waals surface area contributed by atoms with Crippen molar-refractivity contribution in [2.75, 3.05) is 38.8 Å². The first-order chi connectivity index (χ1) is 23.2. The molecule has 2 atom stereocenters. The van der Waals surface area contributed by atoms with Gasteiger partial charge in [0.05, 0.1) is 36.4 Å². The van der Waals surface area contributed by atoms with Crippen molar-refractivity contribution < 1.29 is 33.3 Å². The van der Waals surface area contributed by atoms with Crippen LogP contribution in [0.5, 0.6) is 11.5 Å². The highest BCUT2D eigenvalue weighted by atomic mass is 35.5. The summed E-state index contributed by atoms with van der Waals surface area (Å²) in [5.41, 5.74) is 3.35. The van der Waals surface area contributed by atoms with Crippen molar-refractivity contribution in [3.63, 3.8) is 0 Å². The Kier molecular flexibility index (Phi) is 11.0. The fraction of sp³-hybridized carbons (Fsp3) is 0.500. The van der Waals surface area contributed by atoms with Gasteiger partial charge < -0.3 is 33.5 Å². The molecule has 0 radical (unpaired) electrons. The third-order valence-corrected chi connectivity index (χ3v) is 8.79. The maximum Gasteiger partial charge on any atom is 0.410 e. The summed E-state index contributed by atoms with van der Waals surface area (Å²) in [4.78, 5) is 34.5. The third kappa shape index (κ3) is 8.97. The summed E-state index contributed by atoms with van der Waals surface area (Å²) >= 11 is 6.73. The number of aromatic nitrogens is 1. The number of fused-ring (bicyclic) bond motifs is 1. The van der Waals surface area contributed by atoms with Gasteiger partial charge in [0.25, 0.3) is 0 Å². The Morgan fingerprint density at radius 3 is 2.39 bits per heavy atom. The molecule has 11 heteroatoms. The molecule has 264 valence electrons. The van der Waals surface area contributed by atoms with Crippen LogP contribution >= 0.6 is 11.6 Å². The smallest absolute Gasteiger partial charge is 0.410 e. The Bertz CT molecular complexity index is 1650. The number of amides is 1. The lowest BCUT2D eigenvalue weighted by atomic mass is 9.93. The summed E-state index contributed by atoms with van der Waals surface area (Å²) in [6.45, 7) is 13.6. The highest BCUT2D eigenvalue weighted by Gasteiger charge is 2.37. The monoisotopic (exact) mass is 693 g/mol. The average molecular weight is 694 g/mol. The van der Waals surface area contributed by atoms with Crippen LogP contribution < -0.4 is 14.4 Å². The molecule has 1 amide bonds. The lowest BCUT2D eigenvalue weighted by Crippen LogP contribution is -2.49. The minimum absolute atomic E-state index is 0.235. The second kappa shape index (κ2) is 14.8. The minimum Gasteiger partial charge on any atom is -0.496 e. The third-order valence-electron chi connectivity index (χ3n) is 8.49. The number of pyridine rings is 1. The lowest BCUT2D eigenvalue weighted by Gasteiger charge is -2.38.